The SMILES string of the molecule is COc1ccc(OCCNC(=O)NCCSc2ccccc2)cc1. The molecule has 2 amide bonds. The summed E-state index contributed by atoms with van der Waals surface area (Å²) in [6.07, 6.45) is 0. The van der Waals surface area contributed by atoms with Crippen LogP contribution in [-0.2, 0) is 0 Å². The number of amides is 2. The Morgan fingerprint density at radius 2 is 1.62 bits per heavy atom. The molecule has 0 bridgehead atoms. The number of methoxy groups -OCH3 is 1. The quantitative estimate of drug-likeness (QED) is 0.541. The number of carbonyl (C=O) groups excluding carboxylic acids is 1. The maximum Gasteiger partial charge on any atom is 0.314 e. The minimum absolute atomic E-state index is 0.179. The summed E-state index contributed by atoms with van der Waals surface area (Å²) in [4.78, 5) is 12.8. The predicted molar refractivity (Wildman–Crippen MR) is 97.1 cm³/mol. The van der Waals surface area contributed by atoms with Crippen molar-refractivity contribution < 1.29 is 14.3 Å². The number of hydrogen-bond acceptors (Lipinski definition) is 4. The van der Waals surface area contributed by atoms with Gasteiger partial charge in [-0.15, -0.1) is 11.8 Å². The monoisotopic (exact) mass is 346 g/mol. The fourth-order valence-electron chi connectivity index (χ4n) is 1.92. The van der Waals surface area contributed by atoms with E-state index in [1.165, 1.54) is 4.90 Å². The topological polar surface area (TPSA) is 59.6 Å². The van der Waals surface area contributed by atoms with Crippen molar-refractivity contribution in [3.8, 4) is 11.5 Å². The number of rotatable bonds is 9. The summed E-state index contributed by atoms with van der Waals surface area (Å²) in [5.41, 5.74) is 0. The second kappa shape index (κ2) is 10.4. The summed E-state index contributed by atoms with van der Waals surface area (Å²) in [5, 5.41) is 5.59. The normalized spacial score (nSPS) is 10.0. The first-order valence-corrected chi connectivity index (χ1v) is 8.73. The molecule has 0 atom stereocenters. The van der Waals surface area contributed by atoms with Gasteiger partial charge in [-0.1, -0.05) is 18.2 Å². The summed E-state index contributed by atoms with van der Waals surface area (Å²) in [7, 11) is 1.62. The zero-order valence-corrected chi connectivity index (χ0v) is 14.5. The molecule has 0 fully saturated rings. The number of nitrogens with one attached hydrogen (secondary N) is 2. The Morgan fingerprint density at radius 3 is 2.33 bits per heavy atom. The molecule has 0 aromatic heterocycles. The lowest BCUT2D eigenvalue weighted by Crippen LogP contribution is -2.38. The second-order valence-corrected chi connectivity index (χ2v) is 6.04. The number of benzene rings is 2. The van der Waals surface area contributed by atoms with Crippen molar-refractivity contribution in [2.45, 2.75) is 4.90 Å². The Hall–Kier alpha value is -2.34. The van der Waals surface area contributed by atoms with E-state index < -0.39 is 0 Å². The van der Waals surface area contributed by atoms with Gasteiger partial charge in [-0.25, -0.2) is 4.79 Å². The van der Waals surface area contributed by atoms with Crippen LogP contribution in [0.4, 0.5) is 4.79 Å². The first-order valence-electron chi connectivity index (χ1n) is 7.74. The van der Waals surface area contributed by atoms with Gasteiger partial charge in [-0.05, 0) is 36.4 Å². The molecular formula is C18H22N2O3S. The predicted octanol–water partition coefficient (Wildman–Crippen LogP) is 3.17. The smallest absolute Gasteiger partial charge is 0.314 e. The van der Waals surface area contributed by atoms with Crippen molar-refractivity contribution in [3.63, 3.8) is 0 Å². The Kier molecular flexibility index (Phi) is 7.83. The van der Waals surface area contributed by atoms with Gasteiger partial charge in [0.25, 0.3) is 0 Å². The summed E-state index contributed by atoms with van der Waals surface area (Å²) < 4.78 is 10.6. The Morgan fingerprint density at radius 1 is 0.958 bits per heavy atom. The summed E-state index contributed by atoms with van der Waals surface area (Å²) in [6, 6.07) is 17.3. The van der Waals surface area contributed by atoms with Crippen LogP contribution in [0.15, 0.2) is 59.5 Å². The molecule has 6 heteroatoms. The molecule has 2 aromatic rings. The third kappa shape index (κ3) is 6.83. The van der Waals surface area contributed by atoms with Crippen molar-refractivity contribution in [2.24, 2.45) is 0 Å². The number of carbonyl (C=O) groups is 1. The van der Waals surface area contributed by atoms with E-state index in [0.29, 0.717) is 19.7 Å². The molecule has 128 valence electrons. The molecule has 2 rings (SSSR count). The van der Waals surface area contributed by atoms with Crippen molar-refractivity contribution in [1.82, 2.24) is 10.6 Å². The molecule has 5 nitrogen and oxygen atoms in total. The van der Waals surface area contributed by atoms with Gasteiger partial charge in [0, 0.05) is 17.2 Å². The van der Waals surface area contributed by atoms with Gasteiger partial charge < -0.3 is 20.1 Å². The van der Waals surface area contributed by atoms with E-state index in [1.54, 1.807) is 18.9 Å². The van der Waals surface area contributed by atoms with Gasteiger partial charge in [-0.2, -0.15) is 0 Å². The lowest BCUT2D eigenvalue weighted by molar-refractivity contribution is 0.237. The van der Waals surface area contributed by atoms with Gasteiger partial charge in [-0.3, -0.25) is 0 Å². The molecular weight excluding hydrogens is 324 g/mol. The number of urea groups is 1. The molecule has 0 saturated carbocycles. The molecule has 0 radical (unpaired) electrons. The highest BCUT2D eigenvalue weighted by Crippen LogP contribution is 2.17. The zero-order valence-electron chi connectivity index (χ0n) is 13.7. The van der Waals surface area contributed by atoms with Crippen LogP contribution >= 0.6 is 11.8 Å². The summed E-state index contributed by atoms with van der Waals surface area (Å²) in [6.45, 7) is 1.48. The van der Waals surface area contributed by atoms with Crippen LogP contribution in [0, 0.1) is 0 Å². The van der Waals surface area contributed by atoms with Crippen molar-refractivity contribution in [2.75, 3.05) is 32.6 Å². The molecule has 0 aliphatic rings. The maximum atomic E-state index is 11.6. The molecule has 2 aromatic carbocycles. The van der Waals surface area contributed by atoms with E-state index >= 15 is 0 Å². The molecule has 2 N–H and O–H groups in total. The number of thioether (sulfide) groups is 1. The molecule has 0 heterocycles. The summed E-state index contributed by atoms with van der Waals surface area (Å²) in [5.74, 6) is 2.37. The van der Waals surface area contributed by atoms with E-state index in [4.69, 9.17) is 9.47 Å². The fourth-order valence-corrected chi connectivity index (χ4v) is 2.71. The van der Waals surface area contributed by atoms with Crippen LogP contribution in [0.2, 0.25) is 0 Å². The highest BCUT2D eigenvalue weighted by atomic mass is 32.2. The first-order chi connectivity index (χ1) is 11.8. The number of hydrogen-bond donors (Lipinski definition) is 2. The Labute approximate surface area is 146 Å². The molecule has 0 aliphatic heterocycles. The van der Waals surface area contributed by atoms with Crippen molar-refractivity contribution >= 4 is 17.8 Å². The molecule has 24 heavy (non-hydrogen) atoms. The third-order valence-corrected chi connectivity index (χ3v) is 4.13. The van der Waals surface area contributed by atoms with E-state index in [9.17, 15) is 4.79 Å². The largest absolute Gasteiger partial charge is 0.497 e. The van der Waals surface area contributed by atoms with Gasteiger partial charge in [0.1, 0.15) is 18.1 Å². The van der Waals surface area contributed by atoms with Gasteiger partial charge in [0.15, 0.2) is 0 Å². The Balaban J connectivity index is 1.51. The van der Waals surface area contributed by atoms with Crippen LogP contribution in [0.1, 0.15) is 0 Å². The van der Waals surface area contributed by atoms with Crippen LogP contribution in [0.5, 0.6) is 11.5 Å². The number of ether oxygens (including phenoxy) is 2. The Bertz CT molecular complexity index is 605. The van der Waals surface area contributed by atoms with Gasteiger partial charge >= 0.3 is 6.03 Å². The van der Waals surface area contributed by atoms with Crippen LogP contribution in [0.3, 0.4) is 0 Å². The van der Waals surface area contributed by atoms with Crippen LogP contribution < -0.4 is 20.1 Å². The second-order valence-electron chi connectivity index (χ2n) is 4.87. The fraction of sp³-hybridized carbons (Fsp3) is 0.278. The van der Waals surface area contributed by atoms with Gasteiger partial charge in [0.05, 0.1) is 13.7 Å². The van der Waals surface area contributed by atoms with E-state index in [1.807, 2.05) is 42.5 Å². The van der Waals surface area contributed by atoms with E-state index in [0.717, 1.165) is 17.3 Å². The van der Waals surface area contributed by atoms with Crippen LogP contribution in [-0.4, -0.2) is 38.6 Å². The molecule has 0 unspecified atom stereocenters. The highest BCUT2D eigenvalue weighted by Gasteiger charge is 2.00. The molecule has 0 saturated heterocycles. The van der Waals surface area contributed by atoms with E-state index in [2.05, 4.69) is 22.8 Å². The molecule has 0 aliphatic carbocycles. The minimum atomic E-state index is -0.179. The standard InChI is InChI=1S/C18H22N2O3S/c1-22-15-7-9-16(10-8-15)23-13-11-19-18(21)20-12-14-24-17-5-3-2-4-6-17/h2-10H,11-14H2,1H3,(H2,19,20,21). The minimum Gasteiger partial charge on any atom is -0.497 e. The highest BCUT2D eigenvalue weighted by molar-refractivity contribution is 7.99. The third-order valence-electron chi connectivity index (χ3n) is 3.12. The zero-order chi connectivity index (χ0) is 17.0. The first kappa shape index (κ1) is 18.0. The maximum absolute atomic E-state index is 11.6. The lowest BCUT2D eigenvalue weighted by atomic mass is 10.3. The van der Waals surface area contributed by atoms with Crippen molar-refractivity contribution in [3.05, 3.63) is 54.6 Å². The van der Waals surface area contributed by atoms with E-state index in [-0.39, 0.29) is 6.03 Å². The average molecular weight is 346 g/mol. The van der Waals surface area contributed by atoms with Gasteiger partial charge in [0.2, 0.25) is 0 Å². The average Bonchev–Trinajstić information content (AvgIpc) is 2.64. The molecule has 0 spiro atoms. The van der Waals surface area contributed by atoms with Crippen molar-refractivity contribution in [1.29, 1.82) is 0 Å². The summed E-state index contributed by atoms with van der Waals surface area (Å²) >= 11 is 1.71. The lowest BCUT2D eigenvalue weighted by Gasteiger charge is -2.09. The van der Waals surface area contributed by atoms with Crippen LogP contribution in [0.25, 0.3) is 0 Å².